The van der Waals surface area contributed by atoms with Gasteiger partial charge in [0.05, 0.1) is 17.7 Å². The molecule has 1 aliphatic heterocycles. The van der Waals surface area contributed by atoms with E-state index in [1.807, 2.05) is 55.5 Å². The molecular formula is C30H32N2O. The van der Waals surface area contributed by atoms with Crippen molar-refractivity contribution in [2.45, 2.75) is 24.6 Å². The van der Waals surface area contributed by atoms with Gasteiger partial charge in [-0.15, -0.1) is 0 Å². The predicted octanol–water partition coefficient (Wildman–Crippen LogP) is 5.58. The highest BCUT2D eigenvalue weighted by Gasteiger charge is 2.41. The van der Waals surface area contributed by atoms with Crippen LogP contribution < -0.4 is 5.73 Å². The minimum Gasteiger partial charge on any atom is -0.388 e. The third kappa shape index (κ3) is 5.96. The molecule has 4 aromatic carbocycles. The van der Waals surface area contributed by atoms with Crippen molar-refractivity contribution in [1.82, 2.24) is 4.90 Å². The Bertz CT molecular complexity index is 1010. The molecule has 3 N–H and O–H groups in total. The number of hydrogen-bond acceptors (Lipinski definition) is 3. The zero-order valence-corrected chi connectivity index (χ0v) is 19.1. The summed E-state index contributed by atoms with van der Waals surface area (Å²) in [6, 6.07) is 41.5. The standard InChI is InChI=1S/C17H19NO.C13H13N/c1-17(19)12-18(13-17)16(14-8-4-2-5-9-14)15-10-6-3-7-11-15;14-13(11-7-3-1-4-8-11)12-9-5-2-6-10-12/h2-11,16,19H,12-13H2,1H3;1-10,13H,14H2. The molecule has 5 rings (SSSR count). The van der Waals surface area contributed by atoms with E-state index < -0.39 is 5.60 Å². The third-order valence-electron chi connectivity index (χ3n) is 6.00. The van der Waals surface area contributed by atoms with Crippen LogP contribution in [0.4, 0.5) is 0 Å². The first-order chi connectivity index (χ1) is 16.0. The normalized spacial score (nSPS) is 14.9. The molecule has 1 aliphatic rings. The van der Waals surface area contributed by atoms with Crippen LogP contribution in [0, 0.1) is 0 Å². The maximum Gasteiger partial charge on any atom is 0.0872 e. The van der Waals surface area contributed by atoms with Crippen molar-refractivity contribution in [1.29, 1.82) is 0 Å². The second-order valence-corrected chi connectivity index (χ2v) is 8.92. The van der Waals surface area contributed by atoms with Crippen LogP contribution >= 0.6 is 0 Å². The summed E-state index contributed by atoms with van der Waals surface area (Å²) in [6.45, 7) is 3.35. The molecule has 1 saturated heterocycles. The van der Waals surface area contributed by atoms with Gasteiger partial charge in [0, 0.05) is 13.1 Å². The van der Waals surface area contributed by atoms with Crippen LogP contribution in [0.1, 0.15) is 41.3 Å². The summed E-state index contributed by atoms with van der Waals surface area (Å²) >= 11 is 0. The fourth-order valence-corrected chi connectivity index (χ4v) is 4.41. The van der Waals surface area contributed by atoms with Gasteiger partial charge >= 0.3 is 0 Å². The molecule has 0 radical (unpaired) electrons. The number of benzene rings is 4. The fraction of sp³-hybridized carbons (Fsp3) is 0.200. The molecule has 33 heavy (non-hydrogen) atoms. The first kappa shape index (κ1) is 22.9. The van der Waals surface area contributed by atoms with Crippen LogP contribution in [0.5, 0.6) is 0 Å². The molecule has 3 nitrogen and oxygen atoms in total. The van der Waals surface area contributed by atoms with Crippen molar-refractivity contribution in [3.8, 4) is 0 Å². The zero-order valence-electron chi connectivity index (χ0n) is 19.1. The Morgan fingerprint density at radius 1 is 0.606 bits per heavy atom. The molecule has 0 aliphatic carbocycles. The van der Waals surface area contributed by atoms with Gasteiger partial charge in [-0.05, 0) is 29.2 Å². The van der Waals surface area contributed by atoms with E-state index in [-0.39, 0.29) is 12.1 Å². The highest BCUT2D eigenvalue weighted by molar-refractivity contribution is 5.33. The van der Waals surface area contributed by atoms with Gasteiger partial charge in [-0.25, -0.2) is 0 Å². The summed E-state index contributed by atoms with van der Waals surface area (Å²) in [7, 11) is 0. The molecule has 168 valence electrons. The Labute approximate surface area is 197 Å². The van der Waals surface area contributed by atoms with Crippen LogP contribution in [0.15, 0.2) is 121 Å². The topological polar surface area (TPSA) is 49.5 Å². The van der Waals surface area contributed by atoms with E-state index in [9.17, 15) is 5.11 Å². The highest BCUT2D eigenvalue weighted by Crippen LogP contribution is 2.35. The van der Waals surface area contributed by atoms with Crippen LogP contribution in [0.2, 0.25) is 0 Å². The SMILES string of the molecule is CC1(O)CN(C(c2ccccc2)c2ccccc2)C1.NC(c1ccccc1)c1ccccc1. The summed E-state index contributed by atoms with van der Waals surface area (Å²) in [5.41, 5.74) is 10.4. The monoisotopic (exact) mass is 436 g/mol. The predicted molar refractivity (Wildman–Crippen MR) is 136 cm³/mol. The Balaban J connectivity index is 0.000000165. The second kappa shape index (κ2) is 10.6. The molecule has 0 atom stereocenters. The molecule has 3 heteroatoms. The minimum absolute atomic E-state index is 0.0163. The fourth-order valence-electron chi connectivity index (χ4n) is 4.41. The summed E-state index contributed by atoms with van der Waals surface area (Å²) in [4.78, 5) is 2.32. The maximum atomic E-state index is 9.98. The summed E-state index contributed by atoms with van der Waals surface area (Å²) in [5, 5.41) is 9.98. The summed E-state index contributed by atoms with van der Waals surface area (Å²) in [6.07, 6.45) is 0. The third-order valence-corrected chi connectivity index (χ3v) is 6.00. The number of nitrogens with two attached hydrogens (primary N) is 1. The second-order valence-electron chi connectivity index (χ2n) is 8.92. The van der Waals surface area contributed by atoms with Crippen LogP contribution in [0.25, 0.3) is 0 Å². The first-order valence-corrected chi connectivity index (χ1v) is 11.5. The average molecular weight is 437 g/mol. The van der Waals surface area contributed by atoms with Gasteiger partial charge in [0.1, 0.15) is 0 Å². The van der Waals surface area contributed by atoms with Crippen molar-refractivity contribution in [3.63, 3.8) is 0 Å². The Morgan fingerprint density at radius 2 is 0.909 bits per heavy atom. The molecule has 0 unspecified atom stereocenters. The van der Waals surface area contributed by atoms with Crippen molar-refractivity contribution >= 4 is 0 Å². The van der Waals surface area contributed by atoms with E-state index in [1.165, 1.54) is 11.1 Å². The minimum atomic E-state index is -0.540. The number of aliphatic hydroxyl groups is 1. The van der Waals surface area contributed by atoms with Gasteiger partial charge in [-0.3, -0.25) is 4.90 Å². The van der Waals surface area contributed by atoms with Gasteiger partial charge in [-0.1, -0.05) is 121 Å². The largest absolute Gasteiger partial charge is 0.388 e. The molecule has 0 bridgehead atoms. The summed E-state index contributed by atoms with van der Waals surface area (Å²) in [5.74, 6) is 0. The molecule has 4 aromatic rings. The molecule has 1 heterocycles. The molecule has 0 spiro atoms. The lowest BCUT2D eigenvalue weighted by molar-refractivity contribution is -0.0964. The number of nitrogens with zero attached hydrogens (tertiary/aromatic N) is 1. The van der Waals surface area contributed by atoms with Gasteiger partial charge in [0.25, 0.3) is 0 Å². The van der Waals surface area contributed by atoms with Crippen LogP contribution in [-0.2, 0) is 0 Å². The molecule has 1 fully saturated rings. The number of β-amino-alcohol motifs (C(OH)–C–C–N with tert-alkyl or cyclic N) is 1. The maximum absolute atomic E-state index is 9.98. The van der Waals surface area contributed by atoms with E-state index in [1.54, 1.807) is 0 Å². The first-order valence-electron chi connectivity index (χ1n) is 11.5. The van der Waals surface area contributed by atoms with Crippen molar-refractivity contribution < 1.29 is 5.11 Å². The summed E-state index contributed by atoms with van der Waals surface area (Å²) < 4.78 is 0. The average Bonchev–Trinajstić information content (AvgIpc) is 2.85. The van der Waals surface area contributed by atoms with Crippen molar-refractivity contribution in [2.75, 3.05) is 13.1 Å². The highest BCUT2D eigenvalue weighted by atomic mass is 16.3. The smallest absolute Gasteiger partial charge is 0.0872 e. The van der Waals surface area contributed by atoms with Gasteiger partial charge in [0.2, 0.25) is 0 Å². The number of hydrogen-bond donors (Lipinski definition) is 2. The van der Waals surface area contributed by atoms with Crippen molar-refractivity contribution in [2.24, 2.45) is 5.73 Å². The van der Waals surface area contributed by atoms with Crippen molar-refractivity contribution in [3.05, 3.63) is 144 Å². The Morgan fingerprint density at radius 3 is 1.21 bits per heavy atom. The Hall–Kier alpha value is -3.24. The van der Waals surface area contributed by atoms with Crippen LogP contribution in [0.3, 0.4) is 0 Å². The zero-order chi connectivity index (χ0) is 23.1. The molecular weight excluding hydrogens is 404 g/mol. The quantitative estimate of drug-likeness (QED) is 0.430. The van der Waals surface area contributed by atoms with Crippen LogP contribution in [-0.4, -0.2) is 28.7 Å². The van der Waals surface area contributed by atoms with E-state index in [0.29, 0.717) is 0 Å². The number of likely N-dealkylation sites (tertiary alicyclic amines) is 1. The van der Waals surface area contributed by atoms with Gasteiger partial charge < -0.3 is 10.8 Å². The van der Waals surface area contributed by atoms with Gasteiger partial charge in [-0.2, -0.15) is 0 Å². The van der Waals surface area contributed by atoms with Gasteiger partial charge in [0.15, 0.2) is 0 Å². The van der Waals surface area contributed by atoms with E-state index in [4.69, 9.17) is 5.73 Å². The van der Waals surface area contributed by atoms with E-state index in [0.717, 1.165) is 24.2 Å². The molecule has 0 aromatic heterocycles. The molecule has 0 amide bonds. The lowest BCUT2D eigenvalue weighted by atomic mass is 9.89. The van der Waals surface area contributed by atoms with E-state index >= 15 is 0 Å². The van der Waals surface area contributed by atoms with E-state index in [2.05, 4.69) is 77.7 Å². The lowest BCUT2D eigenvalue weighted by Crippen LogP contribution is -2.60. The lowest BCUT2D eigenvalue weighted by Gasteiger charge is -2.48. The number of rotatable bonds is 5. The Kier molecular flexibility index (Phi) is 7.36. The molecule has 0 saturated carbocycles.